The van der Waals surface area contributed by atoms with Crippen molar-refractivity contribution in [2.75, 3.05) is 18.1 Å². The van der Waals surface area contributed by atoms with Crippen molar-refractivity contribution in [2.45, 2.75) is 26.3 Å². The molecule has 1 unspecified atom stereocenters. The zero-order chi connectivity index (χ0) is 14.1. The smallest absolute Gasteiger partial charge is 0.190 e. The first-order chi connectivity index (χ1) is 9.66. The first-order valence-electron chi connectivity index (χ1n) is 6.89. The number of thiazole rings is 1. The van der Waals surface area contributed by atoms with E-state index in [4.69, 9.17) is 15.5 Å². The van der Waals surface area contributed by atoms with Crippen LogP contribution in [-0.2, 0) is 0 Å². The van der Waals surface area contributed by atoms with Crippen LogP contribution >= 0.6 is 11.3 Å². The van der Waals surface area contributed by atoms with Crippen LogP contribution in [0.2, 0.25) is 0 Å². The third-order valence-electron chi connectivity index (χ3n) is 3.41. The molecule has 0 bridgehead atoms. The van der Waals surface area contributed by atoms with Crippen molar-refractivity contribution in [1.82, 2.24) is 4.98 Å². The molecule has 2 N–H and O–H groups in total. The number of para-hydroxylation sites is 2. The van der Waals surface area contributed by atoms with Gasteiger partial charge in [-0.3, -0.25) is 0 Å². The molecule has 106 valence electrons. The third-order valence-corrected chi connectivity index (χ3v) is 4.79. The highest BCUT2D eigenvalue weighted by atomic mass is 32.1. The lowest BCUT2D eigenvalue weighted by atomic mass is 10.2. The molecule has 20 heavy (non-hydrogen) atoms. The Hall–Kier alpha value is -1.59. The highest BCUT2D eigenvalue weighted by Gasteiger charge is 2.22. The number of rotatable bonds is 2. The molecule has 2 aromatic rings. The Balaban J connectivity index is 2.03. The average Bonchev–Trinajstić information content (AvgIpc) is 2.70. The van der Waals surface area contributed by atoms with E-state index in [9.17, 15) is 0 Å². The van der Waals surface area contributed by atoms with Gasteiger partial charge in [0.1, 0.15) is 5.75 Å². The molecule has 0 fully saturated rings. The van der Waals surface area contributed by atoms with E-state index in [-0.39, 0.29) is 6.04 Å². The number of fused-ring (bicyclic) bond motifs is 1. The SMILES string of the molecule is Cc1nc(N2CCCOc3ccccc32)sc1C(C)N. The van der Waals surface area contributed by atoms with Crippen LogP contribution < -0.4 is 15.4 Å². The van der Waals surface area contributed by atoms with Crippen LogP contribution in [0.4, 0.5) is 10.8 Å². The molecule has 1 aromatic carbocycles. The maximum Gasteiger partial charge on any atom is 0.190 e. The van der Waals surface area contributed by atoms with Gasteiger partial charge in [0, 0.05) is 17.5 Å². The number of nitrogens with two attached hydrogens (primary N) is 1. The molecule has 3 rings (SSSR count). The maximum atomic E-state index is 6.01. The predicted octanol–water partition coefficient (Wildman–Crippen LogP) is 3.39. The highest BCUT2D eigenvalue weighted by molar-refractivity contribution is 7.15. The van der Waals surface area contributed by atoms with Crippen LogP contribution in [0, 0.1) is 6.92 Å². The molecule has 1 aliphatic rings. The van der Waals surface area contributed by atoms with E-state index < -0.39 is 0 Å². The summed E-state index contributed by atoms with van der Waals surface area (Å²) in [5, 5.41) is 1.01. The second-order valence-electron chi connectivity index (χ2n) is 5.06. The Morgan fingerprint density at radius 1 is 1.40 bits per heavy atom. The molecule has 2 heterocycles. The van der Waals surface area contributed by atoms with E-state index in [0.717, 1.165) is 46.7 Å². The Bertz CT molecular complexity index is 609. The van der Waals surface area contributed by atoms with Crippen molar-refractivity contribution < 1.29 is 4.74 Å². The van der Waals surface area contributed by atoms with Crippen molar-refractivity contribution in [2.24, 2.45) is 5.73 Å². The maximum absolute atomic E-state index is 6.01. The average molecular weight is 289 g/mol. The number of ether oxygens (including phenoxy) is 1. The summed E-state index contributed by atoms with van der Waals surface area (Å²) in [6.45, 7) is 5.70. The molecule has 4 nitrogen and oxygen atoms in total. The van der Waals surface area contributed by atoms with Crippen molar-refractivity contribution in [3.63, 3.8) is 0 Å². The highest BCUT2D eigenvalue weighted by Crippen LogP contribution is 2.39. The first-order valence-corrected chi connectivity index (χ1v) is 7.70. The largest absolute Gasteiger partial charge is 0.491 e. The molecule has 0 saturated carbocycles. The molecule has 1 atom stereocenters. The van der Waals surface area contributed by atoms with Gasteiger partial charge in [0.2, 0.25) is 0 Å². The lowest BCUT2D eigenvalue weighted by Crippen LogP contribution is -2.17. The number of hydrogen-bond acceptors (Lipinski definition) is 5. The Morgan fingerprint density at radius 2 is 2.20 bits per heavy atom. The molecule has 0 saturated heterocycles. The fourth-order valence-electron chi connectivity index (χ4n) is 2.46. The minimum absolute atomic E-state index is 0.0275. The Morgan fingerprint density at radius 3 is 2.95 bits per heavy atom. The van der Waals surface area contributed by atoms with Crippen molar-refractivity contribution >= 4 is 22.2 Å². The van der Waals surface area contributed by atoms with Crippen LogP contribution in [0.15, 0.2) is 24.3 Å². The van der Waals surface area contributed by atoms with Gasteiger partial charge in [-0.2, -0.15) is 0 Å². The van der Waals surface area contributed by atoms with Gasteiger partial charge in [0.15, 0.2) is 5.13 Å². The molecule has 0 amide bonds. The van der Waals surface area contributed by atoms with Gasteiger partial charge in [-0.1, -0.05) is 23.5 Å². The van der Waals surface area contributed by atoms with Gasteiger partial charge in [0.25, 0.3) is 0 Å². The van der Waals surface area contributed by atoms with E-state index in [1.807, 2.05) is 32.0 Å². The van der Waals surface area contributed by atoms with Crippen LogP contribution in [0.5, 0.6) is 5.75 Å². The zero-order valence-electron chi connectivity index (χ0n) is 11.8. The van der Waals surface area contributed by atoms with E-state index in [0.29, 0.717) is 0 Å². The van der Waals surface area contributed by atoms with Gasteiger partial charge in [-0.25, -0.2) is 4.98 Å². The monoisotopic (exact) mass is 289 g/mol. The first kappa shape index (κ1) is 13.4. The summed E-state index contributed by atoms with van der Waals surface area (Å²) in [4.78, 5) is 8.10. The van der Waals surface area contributed by atoms with E-state index in [1.165, 1.54) is 0 Å². The molecule has 1 aliphatic heterocycles. The van der Waals surface area contributed by atoms with E-state index >= 15 is 0 Å². The van der Waals surface area contributed by atoms with E-state index in [1.54, 1.807) is 11.3 Å². The molecular formula is C15H19N3OS. The normalized spacial score (nSPS) is 16.2. The second kappa shape index (κ2) is 5.42. The molecule has 5 heteroatoms. The summed E-state index contributed by atoms with van der Waals surface area (Å²) in [7, 11) is 0. The summed E-state index contributed by atoms with van der Waals surface area (Å²) in [6.07, 6.45) is 0.987. The zero-order valence-corrected chi connectivity index (χ0v) is 12.6. The van der Waals surface area contributed by atoms with Gasteiger partial charge >= 0.3 is 0 Å². The molecular weight excluding hydrogens is 270 g/mol. The van der Waals surface area contributed by atoms with Crippen LogP contribution in [0.1, 0.15) is 30.0 Å². The number of anilines is 2. The number of aryl methyl sites for hydroxylation is 1. The number of hydrogen-bond donors (Lipinski definition) is 1. The van der Waals surface area contributed by atoms with Gasteiger partial charge < -0.3 is 15.4 Å². The lowest BCUT2D eigenvalue weighted by Gasteiger charge is -2.20. The van der Waals surface area contributed by atoms with Crippen LogP contribution in [-0.4, -0.2) is 18.1 Å². The minimum atomic E-state index is 0.0275. The van der Waals surface area contributed by atoms with Crippen molar-refractivity contribution in [3.05, 3.63) is 34.8 Å². The van der Waals surface area contributed by atoms with Gasteiger partial charge in [0.05, 0.1) is 18.0 Å². The van der Waals surface area contributed by atoms with E-state index in [2.05, 4.69) is 11.0 Å². The quantitative estimate of drug-likeness (QED) is 0.920. The van der Waals surface area contributed by atoms with Crippen LogP contribution in [0.3, 0.4) is 0 Å². The van der Waals surface area contributed by atoms with Crippen molar-refractivity contribution in [3.8, 4) is 5.75 Å². The van der Waals surface area contributed by atoms with Crippen LogP contribution in [0.25, 0.3) is 0 Å². The summed E-state index contributed by atoms with van der Waals surface area (Å²) in [6, 6.07) is 8.17. The topological polar surface area (TPSA) is 51.4 Å². The fourth-order valence-corrected chi connectivity index (χ4v) is 3.52. The minimum Gasteiger partial charge on any atom is -0.491 e. The lowest BCUT2D eigenvalue weighted by molar-refractivity contribution is 0.322. The predicted molar refractivity (Wildman–Crippen MR) is 83.0 cm³/mol. The summed E-state index contributed by atoms with van der Waals surface area (Å²) in [5.41, 5.74) is 8.13. The summed E-state index contributed by atoms with van der Waals surface area (Å²) < 4.78 is 5.80. The van der Waals surface area contributed by atoms with Gasteiger partial charge in [-0.15, -0.1) is 0 Å². The Kier molecular flexibility index (Phi) is 3.63. The molecule has 0 aliphatic carbocycles. The fraction of sp³-hybridized carbons (Fsp3) is 0.400. The molecule has 1 aromatic heterocycles. The number of benzene rings is 1. The standard InChI is InChI=1S/C15H19N3OS/c1-10(16)14-11(2)17-15(20-14)18-8-5-9-19-13-7-4-3-6-12(13)18/h3-4,6-7,10H,5,8-9,16H2,1-2H3. The molecule has 0 radical (unpaired) electrons. The number of aromatic nitrogens is 1. The second-order valence-corrected chi connectivity index (χ2v) is 6.07. The summed E-state index contributed by atoms with van der Waals surface area (Å²) >= 11 is 1.68. The third kappa shape index (κ3) is 2.39. The number of nitrogens with zero attached hydrogens (tertiary/aromatic N) is 2. The summed E-state index contributed by atoms with van der Waals surface area (Å²) in [5.74, 6) is 0.931. The Labute approximate surface area is 123 Å². The molecule has 0 spiro atoms. The van der Waals surface area contributed by atoms with Crippen molar-refractivity contribution in [1.29, 1.82) is 0 Å². The van der Waals surface area contributed by atoms with Gasteiger partial charge in [-0.05, 0) is 32.4 Å².